The molecule has 70 heavy (non-hydrogen) atoms. The third-order valence-corrected chi connectivity index (χ3v) is 32.5. The summed E-state index contributed by atoms with van der Waals surface area (Å²) in [4.78, 5) is 0. The molecule has 0 radical (unpaired) electrons. The van der Waals surface area contributed by atoms with Crippen LogP contribution < -0.4 is 10.4 Å². The van der Waals surface area contributed by atoms with Gasteiger partial charge in [-0.2, -0.15) is 0 Å². The molecule has 0 heterocycles. The predicted molar refractivity (Wildman–Crippen MR) is 324 cm³/mol. The van der Waals surface area contributed by atoms with Crippen LogP contribution in [-0.4, -0.2) is 16.1 Å². The highest BCUT2D eigenvalue weighted by atomic mass is 28.3. The second-order valence-electron chi connectivity index (χ2n) is 26.1. The molecular weight excluding hydrogens is 873 g/mol. The molecule has 0 aliphatic rings. The Balaban J connectivity index is 1.85. The first-order valence-corrected chi connectivity index (χ1v) is 32.7. The summed E-state index contributed by atoms with van der Waals surface area (Å²) in [6, 6.07) is 31.7. The van der Waals surface area contributed by atoms with E-state index in [1.54, 1.807) is 10.4 Å². The quantitative estimate of drug-likeness (QED) is 0.0514. The van der Waals surface area contributed by atoms with E-state index >= 15 is 0 Å². The van der Waals surface area contributed by atoms with Gasteiger partial charge in [-0.05, 0) is 192 Å². The number of fused-ring (bicyclic) bond motifs is 2. The predicted octanol–water partition coefficient (Wildman–Crippen LogP) is 21.6. The lowest BCUT2D eigenvalue weighted by atomic mass is 9.79. The molecule has 0 aliphatic carbocycles. The van der Waals surface area contributed by atoms with Crippen LogP contribution >= 0.6 is 0 Å². The van der Waals surface area contributed by atoms with Crippen molar-refractivity contribution in [2.75, 3.05) is 0 Å². The van der Waals surface area contributed by atoms with Gasteiger partial charge in [0.1, 0.15) is 0 Å². The Bertz CT molecular complexity index is 2710. The van der Waals surface area contributed by atoms with Gasteiger partial charge in [0.05, 0.1) is 16.1 Å². The van der Waals surface area contributed by atoms with E-state index in [0.29, 0.717) is 68.8 Å². The Labute approximate surface area is 430 Å². The lowest BCUT2D eigenvalue weighted by Gasteiger charge is -2.45. The van der Waals surface area contributed by atoms with Crippen LogP contribution in [0, 0.1) is 0 Å². The van der Waals surface area contributed by atoms with Crippen molar-refractivity contribution < 1.29 is 0 Å². The maximum absolute atomic E-state index is 2.72. The molecule has 0 saturated carbocycles. The van der Waals surface area contributed by atoms with E-state index in [1.807, 2.05) is 0 Å². The van der Waals surface area contributed by atoms with Gasteiger partial charge in [-0.25, -0.2) is 0 Å². The van der Waals surface area contributed by atoms with E-state index in [0.717, 1.165) is 0 Å². The van der Waals surface area contributed by atoms with Crippen molar-refractivity contribution in [2.24, 2.45) is 0 Å². The van der Waals surface area contributed by atoms with Gasteiger partial charge in [0.25, 0.3) is 0 Å². The van der Waals surface area contributed by atoms with E-state index in [4.69, 9.17) is 0 Å². The highest BCUT2D eigenvalue weighted by Crippen LogP contribution is 2.51. The van der Waals surface area contributed by atoms with Gasteiger partial charge in [-0.1, -0.05) is 225 Å². The molecule has 0 atom stereocenters. The molecule has 376 valence electrons. The second-order valence-corrected chi connectivity index (χ2v) is 37.8. The van der Waals surface area contributed by atoms with E-state index in [-0.39, 0.29) is 0 Å². The van der Waals surface area contributed by atoms with Gasteiger partial charge < -0.3 is 0 Å². The number of benzene rings is 7. The summed E-state index contributed by atoms with van der Waals surface area (Å²) in [6.07, 6.45) is 0. The summed E-state index contributed by atoms with van der Waals surface area (Å²) in [6.45, 7) is 59.5. The molecule has 7 aromatic carbocycles. The Hall–Kier alpha value is -3.73. The number of hydrogen-bond donors (Lipinski definition) is 0. The van der Waals surface area contributed by atoms with Crippen molar-refractivity contribution >= 4 is 69.6 Å². The average Bonchev–Trinajstić information content (AvgIpc) is 3.26. The van der Waals surface area contributed by atoms with E-state index in [1.165, 1.54) is 98.7 Å². The SMILES string of the molecule is CC(C)c1cc(C(C)C)c(-c2cc3c([Si](C(C)C)(C(C)C)C(C)C)ccc4c5cc(-c6c(C(C)C)cc(C(C)C)cc6C(C)C)cc6c([Si](C(C)C)(C(C)C)C(C)C)ccc(c(c2)c34)c65)c(C(C)C)c1. The third-order valence-electron chi connectivity index (χ3n) is 18.3. The van der Waals surface area contributed by atoms with E-state index < -0.39 is 16.1 Å². The standard InChI is InChI=1S/C68H96Si2/c1-37(2)49-29-55(39(5)6)65(56(30-49)40(7)8)51-33-59-53-25-28-64(70(46(19)20,47(21)22)48(23)24)62-36-52(66-57(41(9)10)31-50(38(3)4)32-58(66)42(11)12)34-60(68(53)62)54-26-27-63(61(35-51)67(54)59)69(43(13)14,44(15)16)45(17)18/h25-48H,1-24H3. The van der Waals surface area contributed by atoms with Crippen LogP contribution in [0.4, 0.5) is 0 Å². The van der Waals surface area contributed by atoms with Gasteiger partial charge in [-0.15, -0.1) is 0 Å². The van der Waals surface area contributed by atoms with Gasteiger partial charge in [0.2, 0.25) is 0 Å². The van der Waals surface area contributed by atoms with Crippen molar-refractivity contribution in [3.63, 3.8) is 0 Å². The Morgan fingerprint density at radius 2 is 0.500 bits per heavy atom. The van der Waals surface area contributed by atoms with Crippen LogP contribution in [-0.2, 0) is 0 Å². The molecular formula is C68H96Si2. The molecule has 0 saturated heterocycles. The highest BCUT2D eigenvalue weighted by Gasteiger charge is 2.47. The fourth-order valence-electron chi connectivity index (χ4n) is 15.3. The molecule has 0 aromatic heterocycles. The number of hydrogen-bond acceptors (Lipinski definition) is 0. The molecule has 0 aliphatic heterocycles. The minimum atomic E-state index is -2.16. The Morgan fingerprint density at radius 1 is 0.257 bits per heavy atom. The molecule has 7 aromatic rings. The van der Waals surface area contributed by atoms with Crippen LogP contribution in [0.5, 0.6) is 0 Å². The summed E-state index contributed by atoms with van der Waals surface area (Å²) >= 11 is 0. The van der Waals surface area contributed by atoms with Gasteiger partial charge in [-0.3, -0.25) is 0 Å². The summed E-state index contributed by atoms with van der Waals surface area (Å²) in [5, 5.41) is 15.1. The van der Waals surface area contributed by atoms with Crippen molar-refractivity contribution in [2.45, 2.75) is 235 Å². The second kappa shape index (κ2) is 19.9. The zero-order chi connectivity index (χ0) is 52.0. The van der Waals surface area contributed by atoms with Crippen LogP contribution in [0.25, 0.3) is 65.3 Å². The molecule has 2 heteroatoms. The maximum Gasteiger partial charge on any atom is 0.0950 e. The van der Waals surface area contributed by atoms with Crippen LogP contribution in [0.15, 0.2) is 72.8 Å². The smallest absolute Gasteiger partial charge is 0.0648 e. The molecule has 0 N–H and O–H groups in total. The summed E-state index contributed by atoms with van der Waals surface area (Å²) in [5.41, 5.74) is 18.2. The summed E-state index contributed by atoms with van der Waals surface area (Å²) < 4.78 is 0. The molecule has 7 rings (SSSR count). The molecule has 0 nitrogen and oxygen atoms in total. The first kappa shape index (κ1) is 54.1. The molecule has 0 amide bonds. The fraction of sp³-hybridized carbons (Fsp3) is 0.529. The van der Waals surface area contributed by atoms with E-state index in [9.17, 15) is 0 Å². The monoisotopic (exact) mass is 969 g/mol. The van der Waals surface area contributed by atoms with Crippen LogP contribution in [0.1, 0.15) is 235 Å². The molecule has 0 fully saturated rings. The van der Waals surface area contributed by atoms with Gasteiger partial charge in [0, 0.05) is 0 Å². The van der Waals surface area contributed by atoms with E-state index in [2.05, 4.69) is 239 Å². The lowest BCUT2D eigenvalue weighted by molar-refractivity contribution is 0.807. The average molecular weight is 970 g/mol. The van der Waals surface area contributed by atoms with Gasteiger partial charge >= 0.3 is 0 Å². The topological polar surface area (TPSA) is 0 Å². The van der Waals surface area contributed by atoms with Crippen molar-refractivity contribution in [1.82, 2.24) is 0 Å². The number of rotatable bonds is 16. The van der Waals surface area contributed by atoms with Crippen LogP contribution in [0.2, 0.25) is 33.2 Å². The lowest BCUT2D eigenvalue weighted by Crippen LogP contribution is -2.56. The summed E-state index contributed by atoms with van der Waals surface area (Å²) in [7, 11) is -4.32. The molecule has 0 bridgehead atoms. The normalized spacial score (nSPS) is 13.5. The largest absolute Gasteiger partial charge is 0.0950 e. The molecule has 0 spiro atoms. The van der Waals surface area contributed by atoms with Crippen LogP contribution in [0.3, 0.4) is 0 Å². The maximum atomic E-state index is 2.72. The molecule has 0 unspecified atom stereocenters. The third kappa shape index (κ3) is 8.47. The fourth-order valence-corrected chi connectivity index (χ4v) is 29.1. The van der Waals surface area contributed by atoms with Crippen molar-refractivity contribution in [3.05, 3.63) is 106 Å². The zero-order valence-corrected chi connectivity index (χ0v) is 50.9. The first-order valence-electron chi connectivity index (χ1n) is 28.3. The minimum Gasteiger partial charge on any atom is -0.0648 e. The Kier molecular flexibility index (Phi) is 15.4. The first-order chi connectivity index (χ1) is 32.7. The minimum absolute atomic E-state index is 0.395. The Morgan fingerprint density at radius 3 is 0.714 bits per heavy atom. The zero-order valence-electron chi connectivity index (χ0n) is 48.9. The van der Waals surface area contributed by atoms with Gasteiger partial charge in [0.15, 0.2) is 0 Å². The summed E-state index contributed by atoms with van der Waals surface area (Å²) in [5.74, 6) is 2.52. The van der Waals surface area contributed by atoms with Crippen molar-refractivity contribution in [3.8, 4) is 22.3 Å². The van der Waals surface area contributed by atoms with Crippen molar-refractivity contribution in [1.29, 1.82) is 0 Å². The highest BCUT2D eigenvalue weighted by molar-refractivity contribution is 6.97.